The minimum Gasteiger partial charge on any atom is -0.452 e. The number of amides is 1. The maximum absolute atomic E-state index is 12.3. The van der Waals surface area contributed by atoms with E-state index >= 15 is 0 Å². The van der Waals surface area contributed by atoms with Gasteiger partial charge in [-0.15, -0.1) is 0 Å². The van der Waals surface area contributed by atoms with Gasteiger partial charge in [0.2, 0.25) is 10.0 Å². The number of anilines is 1. The maximum Gasteiger partial charge on any atom is 0.340 e. The van der Waals surface area contributed by atoms with E-state index in [0.717, 1.165) is 4.31 Å². The van der Waals surface area contributed by atoms with Gasteiger partial charge in [-0.1, -0.05) is 40.9 Å². The largest absolute Gasteiger partial charge is 0.452 e. The predicted molar refractivity (Wildman–Crippen MR) is 108 cm³/mol. The van der Waals surface area contributed by atoms with Crippen molar-refractivity contribution < 1.29 is 22.7 Å². The summed E-state index contributed by atoms with van der Waals surface area (Å²) < 4.78 is 30.4. The van der Waals surface area contributed by atoms with Crippen LogP contribution in [0.5, 0.6) is 0 Å². The molecule has 0 bridgehead atoms. The standard InChI is InChI=1S/C17H15Cl3N2O5S/c1-22(2)28(25,26)14-8-10(6-7-12(14)18)21-15(23)9-27-17(24)11-4-3-5-13(19)16(11)20/h3-8H,9H2,1-2H3,(H,21,23). The highest BCUT2D eigenvalue weighted by Gasteiger charge is 2.22. The summed E-state index contributed by atoms with van der Waals surface area (Å²) in [6.45, 7) is -0.611. The number of halogens is 3. The minimum absolute atomic E-state index is 0.00808. The normalized spacial score (nSPS) is 11.4. The van der Waals surface area contributed by atoms with Crippen molar-refractivity contribution in [1.82, 2.24) is 4.31 Å². The van der Waals surface area contributed by atoms with Crippen molar-refractivity contribution in [3.63, 3.8) is 0 Å². The highest BCUT2D eigenvalue weighted by molar-refractivity contribution is 7.89. The maximum atomic E-state index is 12.3. The number of esters is 1. The monoisotopic (exact) mass is 464 g/mol. The van der Waals surface area contributed by atoms with Crippen LogP contribution < -0.4 is 5.32 Å². The van der Waals surface area contributed by atoms with Crippen LogP contribution in [0.15, 0.2) is 41.3 Å². The van der Waals surface area contributed by atoms with Crippen LogP contribution in [0.3, 0.4) is 0 Å². The molecule has 0 heterocycles. The van der Waals surface area contributed by atoms with E-state index in [0.29, 0.717) is 0 Å². The number of nitrogens with one attached hydrogen (secondary N) is 1. The van der Waals surface area contributed by atoms with Gasteiger partial charge in [0.1, 0.15) is 4.90 Å². The fourth-order valence-electron chi connectivity index (χ4n) is 2.04. The first-order chi connectivity index (χ1) is 13.0. The second-order valence-electron chi connectivity index (χ2n) is 5.66. The predicted octanol–water partition coefficient (Wildman–Crippen LogP) is 3.69. The summed E-state index contributed by atoms with van der Waals surface area (Å²) >= 11 is 17.7. The molecule has 0 radical (unpaired) electrons. The highest BCUT2D eigenvalue weighted by Crippen LogP contribution is 2.27. The van der Waals surface area contributed by atoms with E-state index in [1.54, 1.807) is 0 Å². The molecule has 1 amide bonds. The van der Waals surface area contributed by atoms with Crippen molar-refractivity contribution in [2.45, 2.75) is 4.90 Å². The summed E-state index contributed by atoms with van der Waals surface area (Å²) in [5.74, 6) is -1.50. The smallest absolute Gasteiger partial charge is 0.340 e. The van der Waals surface area contributed by atoms with E-state index in [1.165, 1.54) is 50.5 Å². The Hall–Kier alpha value is -1.84. The Morgan fingerprint density at radius 3 is 2.39 bits per heavy atom. The summed E-state index contributed by atoms with van der Waals surface area (Å²) in [5, 5.41) is 2.64. The lowest BCUT2D eigenvalue weighted by molar-refractivity contribution is -0.119. The molecule has 11 heteroatoms. The number of hydrogen-bond donors (Lipinski definition) is 1. The molecule has 0 saturated heterocycles. The third kappa shape index (κ3) is 5.15. The van der Waals surface area contributed by atoms with Crippen LogP contribution in [0.2, 0.25) is 15.1 Å². The van der Waals surface area contributed by atoms with Crippen molar-refractivity contribution in [3.8, 4) is 0 Å². The Bertz CT molecular complexity index is 1030. The Kier molecular flexibility index (Phi) is 7.30. The highest BCUT2D eigenvalue weighted by atomic mass is 35.5. The zero-order chi connectivity index (χ0) is 21.1. The van der Waals surface area contributed by atoms with Crippen LogP contribution in [-0.4, -0.2) is 45.3 Å². The number of sulfonamides is 1. The summed E-state index contributed by atoms with van der Waals surface area (Å²) in [7, 11) is -1.08. The van der Waals surface area contributed by atoms with Crippen LogP contribution in [0.25, 0.3) is 0 Å². The molecule has 0 spiro atoms. The molecule has 0 fully saturated rings. The third-order valence-corrected chi connectivity index (χ3v) is 6.60. The molecule has 0 aromatic heterocycles. The van der Waals surface area contributed by atoms with Crippen LogP contribution in [0.4, 0.5) is 5.69 Å². The van der Waals surface area contributed by atoms with Gasteiger partial charge in [0.05, 0.1) is 20.6 Å². The average Bonchev–Trinajstić information content (AvgIpc) is 2.63. The zero-order valence-electron chi connectivity index (χ0n) is 14.7. The molecule has 0 aliphatic carbocycles. The minimum atomic E-state index is -3.80. The molecule has 2 aromatic rings. The van der Waals surface area contributed by atoms with Crippen LogP contribution >= 0.6 is 34.8 Å². The molecule has 7 nitrogen and oxygen atoms in total. The molecule has 0 saturated carbocycles. The van der Waals surface area contributed by atoms with Crippen molar-refractivity contribution in [2.75, 3.05) is 26.0 Å². The molecule has 0 atom stereocenters. The van der Waals surface area contributed by atoms with Gasteiger partial charge in [-0.2, -0.15) is 0 Å². The number of rotatable bonds is 6. The third-order valence-electron chi connectivity index (χ3n) is 3.48. The van der Waals surface area contributed by atoms with E-state index in [2.05, 4.69) is 5.32 Å². The summed E-state index contributed by atoms with van der Waals surface area (Å²) in [6.07, 6.45) is 0. The fourth-order valence-corrected chi connectivity index (χ4v) is 3.81. The Balaban J connectivity index is 2.08. The molecular weight excluding hydrogens is 451 g/mol. The lowest BCUT2D eigenvalue weighted by Crippen LogP contribution is -2.23. The number of ether oxygens (including phenoxy) is 1. The zero-order valence-corrected chi connectivity index (χ0v) is 17.8. The second-order valence-corrected chi connectivity index (χ2v) is 8.97. The van der Waals surface area contributed by atoms with Crippen LogP contribution in [0.1, 0.15) is 10.4 Å². The van der Waals surface area contributed by atoms with Crippen molar-refractivity contribution in [3.05, 3.63) is 57.0 Å². The number of nitrogens with zero attached hydrogens (tertiary/aromatic N) is 1. The van der Waals surface area contributed by atoms with Crippen molar-refractivity contribution in [1.29, 1.82) is 0 Å². The van der Waals surface area contributed by atoms with Crippen LogP contribution in [-0.2, 0) is 19.6 Å². The Labute approximate surface area is 177 Å². The number of hydrogen-bond acceptors (Lipinski definition) is 5. The molecule has 0 unspecified atom stereocenters. The van der Waals surface area contributed by atoms with E-state index < -0.39 is 28.5 Å². The van der Waals surface area contributed by atoms with Gasteiger partial charge in [0, 0.05) is 19.8 Å². The molecule has 28 heavy (non-hydrogen) atoms. The lowest BCUT2D eigenvalue weighted by atomic mass is 10.2. The van der Waals surface area contributed by atoms with Crippen molar-refractivity contribution in [2.24, 2.45) is 0 Å². The van der Waals surface area contributed by atoms with Gasteiger partial charge in [-0.25, -0.2) is 17.5 Å². The lowest BCUT2D eigenvalue weighted by Gasteiger charge is -2.14. The number of benzene rings is 2. The Morgan fingerprint density at radius 1 is 1.07 bits per heavy atom. The van der Waals surface area contributed by atoms with Gasteiger partial charge in [0.15, 0.2) is 6.61 Å². The van der Waals surface area contributed by atoms with Gasteiger partial charge in [-0.05, 0) is 30.3 Å². The second kappa shape index (κ2) is 9.11. The van der Waals surface area contributed by atoms with Gasteiger partial charge in [0.25, 0.3) is 5.91 Å². The van der Waals surface area contributed by atoms with Crippen molar-refractivity contribution >= 4 is 62.4 Å². The Morgan fingerprint density at radius 2 is 1.75 bits per heavy atom. The van der Waals surface area contributed by atoms with Gasteiger partial charge in [-0.3, -0.25) is 4.79 Å². The molecule has 2 rings (SSSR count). The van der Waals surface area contributed by atoms with Gasteiger partial charge < -0.3 is 10.1 Å². The topological polar surface area (TPSA) is 92.8 Å². The molecule has 150 valence electrons. The van der Waals surface area contributed by atoms with Gasteiger partial charge >= 0.3 is 5.97 Å². The number of carbonyl (C=O) groups excluding carboxylic acids is 2. The first-order valence-corrected chi connectivity index (χ1v) is 10.2. The van der Waals surface area contributed by atoms with Crippen LogP contribution in [0, 0.1) is 0 Å². The average molecular weight is 466 g/mol. The summed E-state index contributed by atoms with van der Waals surface area (Å²) in [4.78, 5) is 23.9. The van der Waals surface area contributed by atoms with E-state index in [9.17, 15) is 18.0 Å². The van der Waals surface area contributed by atoms with E-state index in [1.807, 2.05) is 0 Å². The summed E-state index contributed by atoms with van der Waals surface area (Å²) in [6, 6.07) is 8.41. The first-order valence-electron chi connectivity index (χ1n) is 7.67. The molecular formula is C17H15Cl3N2O5S. The first kappa shape index (κ1) is 22.4. The molecule has 0 aliphatic heterocycles. The molecule has 1 N–H and O–H groups in total. The molecule has 0 aliphatic rings. The summed E-state index contributed by atoms with van der Waals surface area (Å²) in [5.41, 5.74) is 0.194. The fraction of sp³-hybridized carbons (Fsp3) is 0.176. The van der Waals surface area contributed by atoms with E-state index in [4.69, 9.17) is 39.5 Å². The quantitative estimate of drug-likeness (QED) is 0.657. The SMILES string of the molecule is CN(C)S(=O)(=O)c1cc(NC(=O)COC(=O)c2cccc(Cl)c2Cl)ccc1Cl. The van der Waals surface area contributed by atoms with E-state index in [-0.39, 0.29) is 31.2 Å². The number of carbonyl (C=O) groups is 2. The molecule has 2 aromatic carbocycles.